The second kappa shape index (κ2) is 5.59. The molecule has 1 aromatic heterocycles. The summed E-state index contributed by atoms with van der Waals surface area (Å²) < 4.78 is 0. The molecule has 104 valence electrons. The van der Waals surface area contributed by atoms with Crippen molar-refractivity contribution < 1.29 is 0 Å². The van der Waals surface area contributed by atoms with Crippen LogP contribution in [0, 0.1) is 0 Å². The number of nitrogens with zero attached hydrogens (tertiary/aromatic N) is 3. The van der Waals surface area contributed by atoms with Crippen molar-refractivity contribution in [2.24, 2.45) is 0 Å². The Hall–Kier alpha value is -1.94. The highest BCUT2D eigenvalue weighted by atomic mass is 15.2. The minimum absolute atomic E-state index is 0.574. The van der Waals surface area contributed by atoms with Gasteiger partial charge in [0, 0.05) is 43.0 Å². The van der Waals surface area contributed by atoms with Crippen molar-refractivity contribution in [1.29, 1.82) is 0 Å². The van der Waals surface area contributed by atoms with Crippen LogP contribution in [-0.2, 0) is 13.0 Å². The molecule has 0 saturated heterocycles. The van der Waals surface area contributed by atoms with Gasteiger partial charge < -0.3 is 5.32 Å². The lowest BCUT2D eigenvalue weighted by Crippen LogP contribution is -2.36. The molecule has 0 fully saturated rings. The second-order valence-corrected chi connectivity index (χ2v) is 5.47. The number of anilines is 2. The van der Waals surface area contributed by atoms with Gasteiger partial charge in [-0.25, -0.2) is 9.97 Å². The van der Waals surface area contributed by atoms with Gasteiger partial charge in [-0.05, 0) is 26.0 Å². The third-order valence-electron chi connectivity index (χ3n) is 3.72. The van der Waals surface area contributed by atoms with Crippen LogP contribution in [0.2, 0.25) is 0 Å². The Labute approximate surface area is 119 Å². The molecule has 0 amide bonds. The Morgan fingerprint density at radius 1 is 1.20 bits per heavy atom. The van der Waals surface area contributed by atoms with Crippen molar-refractivity contribution >= 4 is 11.6 Å². The van der Waals surface area contributed by atoms with Crippen molar-refractivity contribution in [3.63, 3.8) is 0 Å². The van der Waals surface area contributed by atoms with E-state index >= 15 is 0 Å². The number of benzene rings is 1. The van der Waals surface area contributed by atoms with Gasteiger partial charge in [0.1, 0.15) is 0 Å². The molecule has 2 aromatic rings. The summed E-state index contributed by atoms with van der Waals surface area (Å²) in [5.74, 6) is 0.688. The van der Waals surface area contributed by atoms with E-state index in [4.69, 9.17) is 0 Å². The van der Waals surface area contributed by atoms with Gasteiger partial charge >= 0.3 is 0 Å². The van der Waals surface area contributed by atoms with Crippen LogP contribution in [0.15, 0.2) is 36.5 Å². The Bertz CT molecular complexity index is 580. The van der Waals surface area contributed by atoms with Crippen LogP contribution in [0.4, 0.5) is 11.6 Å². The molecule has 0 spiro atoms. The summed E-state index contributed by atoms with van der Waals surface area (Å²) in [6, 6.07) is 10.6. The molecule has 0 radical (unpaired) electrons. The largest absolute Gasteiger partial charge is 0.324 e. The monoisotopic (exact) mass is 268 g/mol. The molecule has 3 rings (SSSR count). The molecule has 0 unspecified atom stereocenters. The summed E-state index contributed by atoms with van der Waals surface area (Å²) in [4.78, 5) is 11.5. The van der Waals surface area contributed by atoms with Crippen LogP contribution in [0.25, 0.3) is 0 Å². The van der Waals surface area contributed by atoms with Gasteiger partial charge in [-0.3, -0.25) is 4.90 Å². The summed E-state index contributed by atoms with van der Waals surface area (Å²) in [7, 11) is 0. The Morgan fingerprint density at radius 3 is 2.75 bits per heavy atom. The number of rotatable bonds is 3. The number of hydrogen-bond donors (Lipinski definition) is 1. The zero-order valence-electron chi connectivity index (χ0n) is 12.0. The first-order valence-corrected chi connectivity index (χ1v) is 7.13. The van der Waals surface area contributed by atoms with Crippen molar-refractivity contribution in [2.45, 2.75) is 32.9 Å². The highest BCUT2D eigenvalue weighted by Crippen LogP contribution is 2.20. The summed E-state index contributed by atoms with van der Waals surface area (Å²) in [6.45, 7) is 6.50. The van der Waals surface area contributed by atoms with Crippen LogP contribution in [-0.4, -0.2) is 27.5 Å². The van der Waals surface area contributed by atoms with Crippen LogP contribution in [0.3, 0.4) is 0 Å². The molecule has 4 nitrogen and oxygen atoms in total. The van der Waals surface area contributed by atoms with E-state index in [1.807, 2.05) is 36.5 Å². The van der Waals surface area contributed by atoms with Crippen molar-refractivity contribution in [3.05, 3.63) is 47.8 Å². The Kier molecular flexibility index (Phi) is 3.65. The van der Waals surface area contributed by atoms with Crippen LogP contribution < -0.4 is 5.32 Å². The molecule has 4 heteroatoms. The van der Waals surface area contributed by atoms with Crippen LogP contribution in [0.5, 0.6) is 0 Å². The SMILES string of the molecule is CC(C)N1CCc2nc(Nc3ccccc3)ncc2C1. The van der Waals surface area contributed by atoms with Crippen molar-refractivity contribution in [2.75, 3.05) is 11.9 Å². The summed E-state index contributed by atoms with van der Waals surface area (Å²) in [6.07, 6.45) is 2.96. The minimum Gasteiger partial charge on any atom is -0.324 e. The molecule has 1 aliphatic heterocycles. The molecule has 2 heterocycles. The number of nitrogens with one attached hydrogen (secondary N) is 1. The predicted octanol–water partition coefficient (Wildman–Crippen LogP) is 2.99. The average Bonchev–Trinajstić information content (AvgIpc) is 2.47. The molecule has 0 aliphatic carbocycles. The third kappa shape index (κ3) is 2.80. The van der Waals surface area contributed by atoms with E-state index in [0.717, 1.165) is 25.2 Å². The molecule has 20 heavy (non-hydrogen) atoms. The molecular weight excluding hydrogens is 248 g/mol. The Balaban J connectivity index is 1.77. The van der Waals surface area contributed by atoms with Gasteiger partial charge in [-0.1, -0.05) is 18.2 Å². The first-order chi connectivity index (χ1) is 9.72. The van der Waals surface area contributed by atoms with Gasteiger partial charge in [0.15, 0.2) is 0 Å². The van der Waals surface area contributed by atoms with E-state index in [1.54, 1.807) is 0 Å². The van der Waals surface area contributed by atoms with E-state index in [1.165, 1.54) is 11.3 Å². The fourth-order valence-corrected chi connectivity index (χ4v) is 2.49. The van der Waals surface area contributed by atoms with Gasteiger partial charge in [0.25, 0.3) is 0 Å². The second-order valence-electron chi connectivity index (χ2n) is 5.47. The maximum Gasteiger partial charge on any atom is 0.227 e. The summed E-state index contributed by atoms with van der Waals surface area (Å²) in [5, 5.41) is 3.25. The zero-order chi connectivity index (χ0) is 13.9. The number of aromatic nitrogens is 2. The zero-order valence-corrected chi connectivity index (χ0v) is 12.0. The third-order valence-corrected chi connectivity index (χ3v) is 3.72. The van der Waals surface area contributed by atoms with E-state index < -0.39 is 0 Å². The van der Waals surface area contributed by atoms with E-state index in [-0.39, 0.29) is 0 Å². The Morgan fingerprint density at radius 2 is 2.00 bits per heavy atom. The smallest absolute Gasteiger partial charge is 0.227 e. The fraction of sp³-hybridized carbons (Fsp3) is 0.375. The fourth-order valence-electron chi connectivity index (χ4n) is 2.49. The van der Waals surface area contributed by atoms with Gasteiger partial charge in [-0.2, -0.15) is 0 Å². The first-order valence-electron chi connectivity index (χ1n) is 7.13. The number of hydrogen-bond acceptors (Lipinski definition) is 4. The van der Waals surface area contributed by atoms with E-state index in [0.29, 0.717) is 12.0 Å². The number of fused-ring (bicyclic) bond motifs is 1. The topological polar surface area (TPSA) is 41.1 Å². The van der Waals surface area contributed by atoms with Gasteiger partial charge in [0.05, 0.1) is 5.69 Å². The molecule has 0 saturated carbocycles. The lowest BCUT2D eigenvalue weighted by Gasteiger charge is -2.31. The molecule has 0 bridgehead atoms. The standard InChI is InChI=1S/C16H20N4/c1-12(2)20-9-8-15-13(11-20)10-17-16(19-15)18-14-6-4-3-5-7-14/h3-7,10,12H,8-9,11H2,1-2H3,(H,17,18,19). The lowest BCUT2D eigenvalue weighted by atomic mass is 10.1. The van der Waals surface area contributed by atoms with Crippen molar-refractivity contribution in [1.82, 2.24) is 14.9 Å². The normalized spacial score (nSPS) is 15.2. The van der Waals surface area contributed by atoms with Gasteiger partial charge in [0.2, 0.25) is 5.95 Å². The van der Waals surface area contributed by atoms with Crippen LogP contribution >= 0.6 is 0 Å². The van der Waals surface area contributed by atoms with Crippen LogP contribution in [0.1, 0.15) is 25.1 Å². The van der Waals surface area contributed by atoms with Crippen molar-refractivity contribution in [3.8, 4) is 0 Å². The summed E-state index contributed by atoms with van der Waals surface area (Å²) in [5.41, 5.74) is 3.45. The molecule has 1 aliphatic rings. The molecular formula is C16H20N4. The maximum absolute atomic E-state index is 4.65. The van der Waals surface area contributed by atoms with Gasteiger partial charge in [-0.15, -0.1) is 0 Å². The first kappa shape index (κ1) is 13.1. The predicted molar refractivity (Wildman–Crippen MR) is 81.0 cm³/mol. The van der Waals surface area contributed by atoms with E-state index in [2.05, 4.69) is 34.0 Å². The quantitative estimate of drug-likeness (QED) is 0.929. The highest BCUT2D eigenvalue weighted by molar-refractivity contribution is 5.52. The highest BCUT2D eigenvalue weighted by Gasteiger charge is 2.20. The summed E-state index contributed by atoms with van der Waals surface area (Å²) >= 11 is 0. The molecule has 1 N–H and O–H groups in total. The number of para-hydroxylation sites is 1. The lowest BCUT2D eigenvalue weighted by molar-refractivity contribution is 0.201. The molecule has 0 atom stereocenters. The average molecular weight is 268 g/mol. The van der Waals surface area contributed by atoms with E-state index in [9.17, 15) is 0 Å². The maximum atomic E-state index is 4.65. The minimum atomic E-state index is 0.574. The molecule has 1 aromatic carbocycles.